The number of benzene rings is 1. The molecule has 2 N–H and O–H groups in total. The number of fused-ring (bicyclic) bond motifs is 1. The summed E-state index contributed by atoms with van der Waals surface area (Å²) in [6.07, 6.45) is 0.414. The molecule has 4 rings (SSSR count). The Morgan fingerprint density at radius 3 is 2.69 bits per heavy atom. The minimum Gasteiger partial charge on any atom is -0.378 e. The fourth-order valence-electron chi connectivity index (χ4n) is 3.66. The van der Waals surface area contributed by atoms with Crippen LogP contribution in [0.4, 0.5) is 17.5 Å². The maximum Gasteiger partial charge on any atom is 0.227 e. The lowest BCUT2D eigenvalue weighted by molar-refractivity contribution is -0.131. The van der Waals surface area contributed by atoms with Gasteiger partial charge in [0.15, 0.2) is 10.6 Å². The number of hydrogen-bond donors (Lipinski definition) is 1. The van der Waals surface area contributed by atoms with Crippen LogP contribution in [0.2, 0.25) is 0 Å². The zero-order chi connectivity index (χ0) is 20.5. The predicted octanol–water partition coefficient (Wildman–Crippen LogP) is 2.01. The molecule has 1 aromatic carbocycles. The van der Waals surface area contributed by atoms with E-state index in [-0.39, 0.29) is 17.9 Å². The van der Waals surface area contributed by atoms with E-state index in [1.165, 1.54) is 11.3 Å². The van der Waals surface area contributed by atoms with Gasteiger partial charge in [-0.05, 0) is 24.6 Å². The van der Waals surface area contributed by atoms with Crippen LogP contribution in [0.15, 0.2) is 29.8 Å². The Morgan fingerprint density at radius 2 is 2.00 bits per heavy atom. The Hall–Kier alpha value is -2.94. The highest BCUT2D eigenvalue weighted by molar-refractivity contribution is 7.16. The molecule has 1 aliphatic heterocycles. The molecule has 1 unspecified atom stereocenters. The van der Waals surface area contributed by atoms with Gasteiger partial charge in [0.1, 0.15) is 5.52 Å². The van der Waals surface area contributed by atoms with Crippen molar-refractivity contribution in [3.8, 4) is 0 Å². The van der Waals surface area contributed by atoms with Gasteiger partial charge in [0.2, 0.25) is 11.9 Å². The minimum absolute atomic E-state index is 0.114. The van der Waals surface area contributed by atoms with E-state index >= 15 is 0 Å². The summed E-state index contributed by atoms with van der Waals surface area (Å²) in [6.45, 7) is 4.08. The molecule has 1 fully saturated rings. The van der Waals surface area contributed by atoms with E-state index in [9.17, 15) is 4.79 Å². The number of nitrogens with zero attached hydrogens (tertiary/aromatic N) is 6. The summed E-state index contributed by atoms with van der Waals surface area (Å²) >= 11 is 1.45. The van der Waals surface area contributed by atoms with Crippen molar-refractivity contribution < 1.29 is 4.79 Å². The molecule has 152 valence electrons. The van der Waals surface area contributed by atoms with E-state index in [0.717, 1.165) is 27.4 Å². The third-order valence-corrected chi connectivity index (χ3v) is 5.98. The lowest BCUT2D eigenvalue weighted by atomic mass is 10.1. The highest BCUT2D eigenvalue weighted by Crippen LogP contribution is 2.28. The van der Waals surface area contributed by atoms with Gasteiger partial charge in [-0.3, -0.25) is 4.79 Å². The van der Waals surface area contributed by atoms with Gasteiger partial charge in [-0.15, -0.1) is 11.3 Å². The van der Waals surface area contributed by atoms with Gasteiger partial charge >= 0.3 is 0 Å². The van der Waals surface area contributed by atoms with Crippen LogP contribution in [-0.4, -0.2) is 65.5 Å². The van der Waals surface area contributed by atoms with Crippen molar-refractivity contribution >= 4 is 45.0 Å². The molecular weight excluding hydrogens is 386 g/mol. The molecule has 1 aliphatic rings. The average Bonchev–Trinajstić information content (AvgIpc) is 3.16. The van der Waals surface area contributed by atoms with E-state index in [1.54, 1.807) is 5.51 Å². The monoisotopic (exact) mass is 411 g/mol. The van der Waals surface area contributed by atoms with Gasteiger partial charge in [-0.25, -0.2) is 9.97 Å². The highest BCUT2D eigenvalue weighted by Gasteiger charge is 2.29. The van der Waals surface area contributed by atoms with Crippen LogP contribution in [0, 0.1) is 0 Å². The Kier molecular flexibility index (Phi) is 5.23. The molecule has 0 bridgehead atoms. The summed E-state index contributed by atoms with van der Waals surface area (Å²) in [6, 6.07) is 8.25. The fourth-order valence-corrected chi connectivity index (χ4v) is 4.32. The average molecular weight is 412 g/mol. The molecule has 8 nitrogen and oxygen atoms in total. The number of nitrogens with two attached hydrogens (primary N) is 1. The molecule has 3 aromatic rings. The molecule has 0 aliphatic carbocycles. The SMILES string of the molecule is CC1CN(C(=O)Cc2ccc(N(C)C)cc2)CCN1c1nc(N)nc2scnc12. The van der Waals surface area contributed by atoms with Crippen molar-refractivity contribution in [2.24, 2.45) is 0 Å². The molecule has 2 aromatic heterocycles. The molecule has 1 saturated heterocycles. The third kappa shape index (κ3) is 3.95. The molecule has 0 radical (unpaired) electrons. The number of anilines is 3. The normalized spacial score (nSPS) is 17.0. The van der Waals surface area contributed by atoms with Gasteiger partial charge in [-0.1, -0.05) is 12.1 Å². The predicted molar refractivity (Wildman–Crippen MR) is 117 cm³/mol. The number of hydrogen-bond acceptors (Lipinski definition) is 8. The number of amides is 1. The minimum atomic E-state index is 0.114. The van der Waals surface area contributed by atoms with Crippen molar-refractivity contribution in [3.63, 3.8) is 0 Å². The third-order valence-electron chi connectivity index (χ3n) is 5.26. The maximum absolute atomic E-state index is 12.8. The molecule has 3 heterocycles. The first-order chi connectivity index (χ1) is 13.9. The first kappa shape index (κ1) is 19.4. The lowest BCUT2D eigenvalue weighted by Crippen LogP contribution is -2.54. The van der Waals surface area contributed by atoms with E-state index in [2.05, 4.69) is 26.8 Å². The summed E-state index contributed by atoms with van der Waals surface area (Å²) < 4.78 is 0. The Labute approximate surface area is 174 Å². The maximum atomic E-state index is 12.8. The van der Waals surface area contributed by atoms with E-state index < -0.39 is 0 Å². The van der Waals surface area contributed by atoms with Crippen molar-refractivity contribution in [2.45, 2.75) is 19.4 Å². The Bertz CT molecular complexity index is 1020. The summed E-state index contributed by atoms with van der Waals surface area (Å²) in [5.74, 6) is 1.16. The zero-order valence-corrected chi connectivity index (χ0v) is 17.7. The van der Waals surface area contributed by atoms with Crippen LogP contribution in [0.3, 0.4) is 0 Å². The second-order valence-electron chi connectivity index (χ2n) is 7.53. The number of aromatic nitrogens is 3. The topological polar surface area (TPSA) is 91.5 Å². The highest BCUT2D eigenvalue weighted by atomic mass is 32.1. The zero-order valence-electron chi connectivity index (χ0n) is 16.9. The van der Waals surface area contributed by atoms with Crippen molar-refractivity contribution in [3.05, 3.63) is 35.3 Å². The number of thiazole rings is 1. The smallest absolute Gasteiger partial charge is 0.227 e. The van der Waals surface area contributed by atoms with E-state index in [4.69, 9.17) is 5.73 Å². The molecule has 0 spiro atoms. The summed E-state index contributed by atoms with van der Waals surface area (Å²) in [4.78, 5) is 32.9. The molecule has 1 atom stereocenters. The quantitative estimate of drug-likeness (QED) is 0.702. The molecule has 29 heavy (non-hydrogen) atoms. The van der Waals surface area contributed by atoms with E-state index in [0.29, 0.717) is 26.1 Å². The Balaban J connectivity index is 1.44. The number of carbonyl (C=O) groups excluding carboxylic acids is 1. The van der Waals surface area contributed by atoms with Crippen LogP contribution in [0.25, 0.3) is 10.3 Å². The standard InChI is InChI=1S/C20H25N7OS/c1-13-11-26(16(28)10-14-4-6-15(7-5-14)25(2)3)8-9-27(13)18-17-19(29-12-22-17)24-20(21)23-18/h4-7,12-13H,8-11H2,1-3H3,(H2,21,23,24). The van der Waals surface area contributed by atoms with Crippen molar-refractivity contribution in [1.29, 1.82) is 0 Å². The summed E-state index contributed by atoms with van der Waals surface area (Å²) in [7, 11) is 4.01. The summed E-state index contributed by atoms with van der Waals surface area (Å²) in [5, 5.41) is 0. The largest absolute Gasteiger partial charge is 0.378 e. The number of rotatable bonds is 4. The molecule has 9 heteroatoms. The first-order valence-electron chi connectivity index (χ1n) is 9.60. The van der Waals surface area contributed by atoms with Gasteiger partial charge in [-0.2, -0.15) is 4.98 Å². The second-order valence-corrected chi connectivity index (χ2v) is 8.36. The summed E-state index contributed by atoms with van der Waals surface area (Å²) in [5.41, 5.74) is 10.6. The number of piperazine rings is 1. The molecule has 1 amide bonds. The Morgan fingerprint density at radius 1 is 1.24 bits per heavy atom. The van der Waals surface area contributed by atoms with Gasteiger partial charge < -0.3 is 20.4 Å². The van der Waals surface area contributed by atoms with Gasteiger partial charge in [0.25, 0.3) is 0 Å². The fraction of sp³-hybridized carbons (Fsp3) is 0.400. The van der Waals surface area contributed by atoms with Crippen LogP contribution >= 0.6 is 11.3 Å². The van der Waals surface area contributed by atoms with Crippen LogP contribution in [-0.2, 0) is 11.2 Å². The number of nitrogen functional groups attached to an aromatic ring is 1. The van der Waals surface area contributed by atoms with Crippen molar-refractivity contribution in [1.82, 2.24) is 19.9 Å². The van der Waals surface area contributed by atoms with Crippen LogP contribution < -0.4 is 15.5 Å². The molecule has 0 saturated carbocycles. The van der Waals surface area contributed by atoms with Crippen LogP contribution in [0.1, 0.15) is 12.5 Å². The van der Waals surface area contributed by atoms with Gasteiger partial charge in [0.05, 0.1) is 11.9 Å². The molecular formula is C20H25N7OS. The second kappa shape index (κ2) is 7.82. The van der Waals surface area contributed by atoms with Gasteiger partial charge in [0, 0.05) is 45.5 Å². The first-order valence-corrected chi connectivity index (χ1v) is 10.5. The lowest BCUT2D eigenvalue weighted by Gasteiger charge is -2.40. The number of carbonyl (C=O) groups is 1. The van der Waals surface area contributed by atoms with Crippen molar-refractivity contribution in [2.75, 3.05) is 49.3 Å². The van der Waals surface area contributed by atoms with E-state index in [1.807, 2.05) is 48.2 Å². The van der Waals surface area contributed by atoms with Crippen LogP contribution in [0.5, 0.6) is 0 Å².